The lowest BCUT2D eigenvalue weighted by Gasteiger charge is -2.12. The van der Waals surface area contributed by atoms with Crippen molar-refractivity contribution in [1.82, 2.24) is 29.5 Å². The molecule has 1 N–H and O–H groups in total. The SMILES string of the molecule is COc1ccc(-c2cc(C(F)(F)F)n3nc(C)c(C(=O)NCCCn4ccnc4C)c3n2)cc1. The Morgan fingerprint density at radius 2 is 1.91 bits per heavy atom. The predicted molar refractivity (Wildman–Crippen MR) is 119 cm³/mol. The number of hydrogen-bond donors (Lipinski definition) is 1. The summed E-state index contributed by atoms with van der Waals surface area (Å²) in [7, 11) is 1.50. The Hall–Kier alpha value is -3.89. The fraction of sp³-hybridized carbons (Fsp3) is 0.304. The summed E-state index contributed by atoms with van der Waals surface area (Å²) in [5.41, 5.74) is -0.462. The zero-order valence-electron chi connectivity index (χ0n) is 18.8. The molecule has 178 valence electrons. The number of halogens is 3. The number of ether oxygens (including phenoxy) is 1. The van der Waals surface area contributed by atoms with Gasteiger partial charge in [-0.15, -0.1) is 0 Å². The first-order valence-corrected chi connectivity index (χ1v) is 10.6. The van der Waals surface area contributed by atoms with Crippen LogP contribution >= 0.6 is 0 Å². The minimum absolute atomic E-state index is 0.0136. The van der Waals surface area contributed by atoms with Gasteiger partial charge in [-0.1, -0.05) is 0 Å². The summed E-state index contributed by atoms with van der Waals surface area (Å²) in [4.78, 5) is 21.5. The van der Waals surface area contributed by atoms with E-state index < -0.39 is 17.8 Å². The highest BCUT2D eigenvalue weighted by Crippen LogP contribution is 2.33. The molecule has 0 unspecified atom stereocenters. The predicted octanol–water partition coefficient (Wildman–Crippen LogP) is 4.06. The minimum atomic E-state index is -4.70. The van der Waals surface area contributed by atoms with E-state index in [1.165, 1.54) is 14.0 Å². The van der Waals surface area contributed by atoms with Crippen molar-refractivity contribution in [1.29, 1.82) is 0 Å². The van der Waals surface area contributed by atoms with Gasteiger partial charge in [-0.05, 0) is 50.6 Å². The third-order valence-electron chi connectivity index (χ3n) is 5.45. The molecule has 4 rings (SSSR count). The van der Waals surface area contributed by atoms with E-state index in [1.54, 1.807) is 30.5 Å². The molecular weight excluding hydrogens is 449 g/mol. The van der Waals surface area contributed by atoms with Crippen LogP contribution in [0.25, 0.3) is 16.9 Å². The fourth-order valence-corrected chi connectivity index (χ4v) is 3.68. The van der Waals surface area contributed by atoms with E-state index in [2.05, 4.69) is 20.4 Å². The van der Waals surface area contributed by atoms with Gasteiger partial charge in [0.25, 0.3) is 5.91 Å². The highest BCUT2D eigenvalue weighted by molar-refractivity contribution is 6.01. The highest BCUT2D eigenvalue weighted by Gasteiger charge is 2.36. The topological polar surface area (TPSA) is 86.3 Å². The molecule has 0 aliphatic heterocycles. The summed E-state index contributed by atoms with van der Waals surface area (Å²) in [5.74, 6) is 0.897. The van der Waals surface area contributed by atoms with E-state index in [-0.39, 0.29) is 22.6 Å². The summed E-state index contributed by atoms with van der Waals surface area (Å²) in [6.07, 6.45) is -0.534. The maximum Gasteiger partial charge on any atom is 0.433 e. The number of hydrogen-bond acceptors (Lipinski definition) is 5. The zero-order valence-corrected chi connectivity index (χ0v) is 18.8. The number of carbonyl (C=O) groups is 1. The molecule has 0 saturated heterocycles. The summed E-state index contributed by atoms with van der Waals surface area (Å²) in [6.45, 7) is 4.35. The Morgan fingerprint density at radius 1 is 1.18 bits per heavy atom. The zero-order chi connectivity index (χ0) is 24.5. The first-order chi connectivity index (χ1) is 16.2. The number of rotatable bonds is 7. The Bertz CT molecular complexity index is 1330. The number of alkyl halides is 3. The van der Waals surface area contributed by atoms with Gasteiger partial charge in [0, 0.05) is 31.0 Å². The second kappa shape index (κ2) is 9.16. The average molecular weight is 472 g/mol. The van der Waals surface area contributed by atoms with Gasteiger partial charge in [0.2, 0.25) is 0 Å². The van der Waals surface area contributed by atoms with Crippen LogP contribution in [0, 0.1) is 13.8 Å². The van der Waals surface area contributed by atoms with Gasteiger partial charge < -0.3 is 14.6 Å². The second-order valence-corrected chi connectivity index (χ2v) is 7.73. The Morgan fingerprint density at radius 3 is 2.53 bits per heavy atom. The quantitative estimate of drug-likeness (QED) is 0.410. The number of amides is 1. The van der Waals surface area contributed by atoms with Gasteiger partial charge in [0.1, 0.15) is 17.1 Å². The largest absolute Gasteiger partial charge is 0.497 e. The van der Waals surface area contributed by atoms with Crippen molar-refractivity contribution >= 4 is 11.6 Å². The number of imidazole rings is 1. The number of methoxy groups -OCH3 is 1. The molecule has 4 aromatic rings. The van der Waals surface area contributed by atoms with Crippen LogP contribution in [0.2, 0.25) is 0 Å². The van der Waals surface area contributed by atoms with E-state index in [4.69, 9.17) is 4.74 Å². The minimum Gasteiger partial charge on any atom is -0.497 e. The molecule has 0 atom stereocenters. The molecule has 11 heteroatoms. The van der Waals surface area contributed by atoms with E-state index in [0.717, 1.165) is 11.9 Å². The van der Waals surface area contributed by atoms with Crippen LogP contribution in [0.3, 0.4) is 0 Å². The van der Waals surface area contributed by atoms with Gasteiger partial charge in [-0.3, -0.25) is 4.79 Å². The monoisotopic (exact) mass is 472 g/mol. The molecule has 0 saturated carbocycles. The molecule has 3 aromatic heterocycles. The lowest BCUT2D eigenvalue weighted by atomic mass is 10.1. The molecular formula is C23H23F3N6O2. The number of fused-ring (bicyclic) bond motifs is 1. The van der Waals surface area contributed by atoms with Crippen LogP contribution in [0.1, 0.15) is 34.0 Å². The molecule has 0 spiro atoms. The van der Waals surface area contributed by atoms with Crippen molar-refractivity contribution in [3.8, 4) is 17.0 Å². The van der Waals surface area contributed by atoms with Gasteiger partial charge in [0.05, 0.1) is 18.5 Å². The van der Waals surface area contributed by atoms with E-state index in [9.17, 15) is 18.0 Å². The van der Waals surface area contributed by atoms with E-state index in [0.29, 0.717) is 35.3 Å². The smallest absolute Gasteiger partial charge is 0.433 e. The van der Waals surface area contributed by atoms with Crippen molar-refractivity contribution < 1.29 is 22.7 Å². The Kier molecular flexibility index (Phi) is 6.27. The first-order valence-electron chi connectivity index (χ1n) is 10.6. The molecule has 3 heterocycles. The average Bonchev–Trinajstić information content (AvgIpc) is 3.36. The summed E-state index contributed by atoms with van der Waals surface area (Å²) in [5, 5.41) is 6.75. The van der Waals surface area contributed by atoms with E-state index >= 15 is 0 Å². The third kappa shape index (κ3) is 4.59. The summed E-state index contributed by atoms with van der Waals surface area (Å²) >= 11 is 0. The second-order valence-electron chi connectivity index (χ2n) is 7.73. The van der Waals surface area contributed by atoms with Crippen LogP contribution in [0.4, 0.5) is 13.2 Å². The van der Waals surface area contributed by atoms with Gasteiger partial charge >= 0.3 is 6.18 Å². The van der Waals surface area contributed by atoms with Crippen LogP contribution in [-0.2, 0) is 12.7 Å². The molecule has 1 amide bonds. The van der Waals surface area contributed by atoms with Crippen LogP contribution in [0.5, 0.6) is 5.75 Å². The molecule has 8 nitrogen and oxygen atoms in total. The molecule has 0 aliphatic carbocycles. The van der Waals surface area contributed by atoms with Gasteiger partial charge in [0.15, 0.2) is 11.3 Å². The molecule has 34 heavy (non-hydrogen) atoms. The molecule has 0 aliphatic rings. The highest BCUT2D eigenvalue weighted by atomic mass is 19.4. The first kappa shape index (κ1) is 23.3. The van der Waals surface area contributed by atoms with E-state index in [1.807, 2.05) is 17.7 Å². The van der Waals surface area contributed by atoms with Crippen LogP contribution < -0.4 is 10.1 Å². The number of nitrogens with one attached hydrogen (secondary N) is 1. The maximum atomic E-state index is 13.9. The fourth-order valence-electron chi connectivity index (χ4n) is 3.68. The molecule has 0 radical (unpaired) electrons. The number of carbonyl (C=O) groups excluding carboxylic acids is 1. The Balaban J connectivity index is 1.66. The van der Waals surface area contributed by atoms with Crippen molar-refractivity contribution in [3.63, 3.8) is 0 Å². The van der Waals surface area contributed by atoms with Crippen LogP contribution in [0.15, 0.2) is 42.7 Å². The lowest BCUT2D eigenvalue weighted by Crippen LogP contribution is -2.26. The van der Waals surface area contributed by atoms with Crippen molar-refractivity contribution in [2.45, 2.75) is 33.0 Å². The molecule has 1 aromatic carbocycles. The third-order valence-corrected chi connectivity index (χ3v) is 5.45. The lowest BCUT2D eigenvalue weighted by molar-refractivity contribution is -0.142. The Labute approximate surface area is 193 Å². The van der Waals surface area contributed by atoms with Gasteiger partial charge in [-0.2, -0.15) is 18.3 Å². The standard InChI is InChI=1S/C23H23F3N6O2/c1-14-20(22(33)28-9-4-11-31-12-10-27-15(31)2)21-29-18(16-5-7-17(34-3)8-6-16)13-19(23(24,25)26)32(21)30-14/h5-8,10,12-13H,4,9,11H2,1-3H3,(H,28,33). The summed E-state index contributed by atoms with van der Waals surface area (Å²) in [6, 6.07) is 7.41. The van der Waals surface area contributed by atoms with Crippen molar-refractivity contribution in [2.24, 2.45) is 0 Å². The number of aryl methyl sites for hydroxylation is 3. The van der Waals surface area contributed by atoms with Gasteiger partial charge in [-0.25, -0.2) is 14.5 Å². The maximum absolute atomic E-state index is 13.9. The number of benzene rings is 1. The van der Waals surface area contributed by atoms with Crippen molar-refractivity contribution in [2.75, 3.05) is 13.7 Å². The number of aromatic nitrogens is 5. The normalized spacial score (nSPS) is 11.7. The molecule has 0 bridgehead atoms. The number of nitrogens with zero attached hydrogens (tertiary/aromatic N) is 5. The van der Waals surface area contributed by atoms with Crippen molar-refractivity contribution in [3.05, 3.63) is 65.5 Å². The summed E-state index contributed by atoms with van der Waals surface area (Å²) < 4.78 is 49.4. The van der Waals surface area contributed by atoms with Crippen LogP contribution in [-0.4, -0.2) is 43.7 Å². The molecule has 0 fully saturated rings.